The Morgan fingerprint density at radius 1 is 1.39 bits per heavy atom. The zero-order valence-electron chi connectivity index (χ0n) is 17.1. The van der Waals surface area contributed by atoms with Crippen molar-refractivity contribution >= 4 is 5.91 Å². The maximum atomic E-state index is 12.4. The van der Waals surface area contributed by atoms with Gasteiger partial charge >= 0.3 is 0 Å². The Labute approximate surface area is 165 Å². The molecule has 152 valence electrons. The standard InChI is InChI=1S/C19H29N7O2/c1-13-15(7-24(3)23-13)8-25-9-16-10-26(17(27)11-28-4)6-5-19(16,12-25)18-20-14(2)21-22-18/h7,16H,5-6,8-12H2,1-4H3,(H,20,21,22)/t16-,19+/m0/s1. The number of aromatic nitrogens is 5. The molecule has 4 rings (SSSR count). The number of aromatic amines is 1. The number of methoxy groups -OCH3 is 1. The highest BCUT2D eigenvalue weighted by molar-refractivity contribution is 5.77. The first kappa shape index (κ1) is 19.1. The smallest absolute Gasteiger partial charge is 0.248 e. The van der Waals surface area contributed by atoms with E-state index in [0.29, 0.717) is 12.5 Å². The normalized spacial score (nSPS) is 25.3. The summed E-state index contributed by atoms with van der Waals surface area (Å²) in [6.45, 7) is 8.23. The molecule has 2 saturated heterocycles. The van der Waals surface area contributed by atoms with E-state index in [4.69, 9.17) is 9.72 Å². The Kier molecular flexibility index (Phi) is 4.96. The van der Waals surface area contributed by atoms with Gasteiger partial charge in [0.05, 0.1) is 11.1 Å². The molecule has 2 aromatic rings. The molecule has 1 amide bonds. The lowest BCUT2D eigenvalue weighted by Crippen LogP contribution is -2.52. The van der Waals surface area contributed by atoms with Crippen LogP contribution in [0.5, 0.6) is 0 Å². The van der Waals surface area contributed by atoms with Crippen LogP contribution in [0, 0.1) is 19.8 Å². The van der Waals surface area contributed by atoms with Gasteiger partial charge in [0.1, 0.15) is 12.4 Å². The monoisotopic (exact) mass is 387 g/mol. The number of carbonyl (C=O) groups excluding carboxylic acids is 1. The van der Waals surface area contributed by atoms with E-state index in [1.807, 2.05) is 23.6 Å². The number of hydrogen-bond donors (Lipinski definition) is 1. The molecule has 0 radical (unpaired) electrons. The summed E-state index contributed by atoms with van der Waals surface area (Å²) >= 11 is 0. The van der Waals surface area contributed by atoms with Crippen LogP contribution in [0.1, 0.15) is 29.3 Å². The summed E-state index contributed by atoms with van der Waals surface area (Å²) in [5.41, 5.74) is 2.19. The van der Waals surface area contributed by atoms with Crippen molar-refractivity contribution < 1.29 is 9.53 Å². The van der Waals surface area contributed by atoms with Crippen LogP contribution < -0.4 is 0 Å². The second-order valence-corrected chi connectivity index (χ2v) is 8.20. The summed E-state index contributed by atoms with van der Waals surface area (Å²) in [5, 5.41) is 12.0. The van der Waals surface area contributed by atoms with Crippen molar-refractivity contribution in [1.82, 2.24) is 34.8 Å². The third kappa shape index (κ3) is 3.33. The number of likely N-dealkylation sites (tertiary alicyclic amines) is 2. The molecule has 0 unspecified atom stereocenters. The number of H-pyrrole nitrogens is 1. The maximum absolute atomic E-state index is 12.4. The molecule has 2 aromatic heterocycles. The maximum Gasteiger partial charge on any atom is 0.248 e. The van der Waals surface area contributed by atoms with E-state index < -0.39 is 0 Å². The molecule has 0 aliphatic carbocycles. The molecule has 1 N–H and O–H groups in total. The summed E-state index contributed by atoms with van der Waals surface area (Å²) in [6.07, 6.45) is 2.96. The van der Waals surface area contributed by atoms with Crippen molar-refractivity contribution in [2.24, 2.45) is 13.0 Å². The van der Waals surface area contributed by atoms with Gasteiger partial charge in [-0.3, -0.25) is 19.5 Å². The van der Waals surface area contributed by atoms with Crippen LogP contribution in [0.25, 0.3) is 0 Å². The van der Waals surface area contributed by atoms with Crippen molar-refractivity contribution in [3.8, 4) is 0 Å². The van der Waals surface area contributed by atoms with Gasteiger partial charge in [0, 0.05) is 64.6 Å². The molecule has 0 spiro atoms. The van der Waals surface area contributed by atoms with E-state index in [9.17, 15) is 4.79 Å². The third-order valence-electron chi connectivity index (χ3n) is 6.21. The van der Waals surface area contributed by atoms with Gasteiger partial charge in [0.15, 0.2) is 5.82 Å². The second-order valence-electron chi connectivity index (χ2n) is 8.20. The first-order valence-corrected chi connectivity index (χ1v) is 9.79. The molecule has 2 fully saturated rings. The number of ether oxygens (including phenoxy) is 1. The lowest BCUT2D eigenvalue weighted by atomic mass is 9.72. The van der Waals surface area contributed by atoms with Crippen LogP contribution >= 0.6 is 0 Å². The third-order valence-corrected chi connectivity index (χ3v) is 6.21. The van der Waals surface area contributed by atoms with Gasteiger partial charge in [-0.1, -0.05) is 0 Å². The molecule has 0 aromatic carbocycles. The first-order valence-electron chi connectivity index (χ1n) is 9.79. The molecule has 0 bridgehead atoms. The molecule has 28 heavy (non-hydrogen) atoms. The van der Waals surface area contributed by atoms with Crippen LogP contribution in [0.15, 0.2) is 6.20 Å². The van der Waals surface area contributed by atoms with Crippen molar-refractivity contribution in [2.45, 2.75) is 32.2 Å². The average Bonchev–Trinajstić information content (AvgIpc) is 3.32. The highest BCUT2D eigenvalue weighted by atomic mass is 16.5. The minimum Gasteiger partial charge on any atom is -0.375 e. The van der Waals surface area contributed by atoms with Gasteiger partial charge in [-0.25, -0.2) is 4.98 Å². The number of amides is 1. The van der Waals surface area contributed by atoms with Crippen LogP contribution in [-0.2, 0) is 28.5 Å². The number of aryl methyl sites for hydroxylation is 3. The van der Waals surface area contributed by atoms with Crippen molar-refractivity contribution in [1.29, 1.82) is 0 Å². The number of rotatable bonds is 5. The van der Waals surface area contributed by atoms with Crippen molar-refractivity contribution in [3.63, 3.8) is 0 Å². The van der Waals surface area contributed by atoms with E-state index in [0.717, 1.165) is 49.9 Å². The first-order chi connectivity index (χ1) is 13.4. The van der Waals surface area contributed by atoms with E-state index >= 15 is 0 Å². The van der Waals surface area contributed by atoms with Crippen LogP contribution in [0.3, 0.4) is 0 Å². The topological polar surface area (TPSA) is 92.2 Å². The Balaban J connectivity index is 1.58. The van der Waals surface area contributed by atoms with E-state index in [1.54, 1.807) is 7.11 Å². The molecular weight excluding hydrogens is 358 g/mol. The summed E-state index contributed by atoms with van der Waals surface area (Å²) in [5.74, 6) is 2.08. The number of nitrogens with one attached hydrogen (secondary N) is 1. The average molecular weight is 387 g/mol. The minimum absolute atomic E-state index is 0.0591. The Morgan fingerprint density at radius 3 is 2.86 bits per heavy atom. The van der Waals surface area contributed by atoms with Crippen LogP contribution in [0.4, 0.5) is 0 Å². The van der Waals surface area contributed by atoms with Crippen molar-refractivity contribution in [3.05, 3.63) is 29.1 Å². The van der Waals surface area contributed by atoms with Crippen LogP contribution in [-0.4, -0.2) is 80.6 Å². The number of nitrogens with zero attached hydrogens (tertiary/aromatic N) is 6. The zero-order valence-corrected chi connectivity index (χ0v) is 17.1. The number of piperidine rings is 1. The van der Waals surface area contributed by atoms with Crippen LogP contribution in [0.2, 0.25) is 0 Å². The molecule has 2 aliphatic rings. The predicted molar refractivity (Wildman–Crippen MR) is 103 cm³/mol. The SMILES string of the molecule is COCC(=O)N1CC[C@@]2(c3n[nH]c(C)n3)CN(Cc3cn(C)nc3C)C[C@H]2C1. The Hall–Kier alpha value is -2.26. The number of fused-ring (bicyclic) bond motifs is 1. The molecule has 4 heterocycles. The summed E-state index contributed by atoms with van der Waals surface area (Å²) < 4.78 is 6.92. The lowest BCUT2D eigenvalue weighted by molar-refractivity contribution is -0.137. The summed E-state index contributed by atoms with van der Waals surface area (Å²) in [6, 6.07) is 0. The van der Waals surface area contributed by atoms with Crippen molar-refractivity contribution in [2.75, 3.05) is 39.9 Å². The highest BCUT2D eigenvalue weighted by Gasteiger charge is 2.53. The lowest BCUT2D eigenvalue weighted by Gasteiger charge is -2.41. The highest BCUT2D eigenvalue weighted by Crippen LogP contribution is 2.44. The summed E-state index contributed by atoms with van der Waals surface area (Å²) in [4.78, 5) is 21.5. The fourth-order valence-electron chi connectivity index (χ4n) is 4.82. The van der Waals surface area contributed by atoms with Gasteiger partial charge in [-0.2, -0.15) is 10.2 Å². The van der Waals surface area contributed by atoms with E-state index in [1.165, 1.54) is 5.56 Å². The fraction of sp³-hybridized carbons (Fsp3) is 0.684. The summed E-state index contributed by atoms with van der Waals surface area (Å²) in [7, 11) is 3.52. The quantitative estimate of drug-likeness (QED) is 0.799. The number of hydrogen-bond acceptors (Lipinski definition) is 6. The molecule has 0 saturated carbocycles. The zero-order chi connectivity index (χ0) is 19.9. The van der Waals surface area contributed by atoms with Gasteiger partial charge < -0.3 is 9.64 Å². The molecule has 9 nitrogen and oxygen atoms in total. The largest absolute Gasteiger partial charge is 0.375 e. The van der Waals surface area contributed by atoms with Gasteiger partial charge in [0.25, 0.3) is 0 Å². The van der Waals surface area contributed by atoms with Gasteiger partial charge in [0.2, 0.25) is 5.91 Å². The number of carbonyl (C=O) groups is 1. The molecular formula is C19H29N7O2. The van der Waals surface area contributed by atoms with Gasteiger partial charge in [-0.15, -0.1) is 0 Å². The fourth-order valence-corrected chi connectivity index (χ4v) is 4.82. The molecule has 2 atom stereocenters. The van der Waals surface area contributed by atoms with E-state index in [-0.39, 0.29) is 17.9 Å². The Morgan fingerprint density at radius 2 is 2.21 bits per heavy atom. The predicted octanol–water partition coefficient (Wildman–Crippen LogP) is 0.404. The van der Waals surface area contributed by atoms with E-state index in [2.05, 4.69) is 33.3 Å². The second kappa shape index (κ2) is 7.29. The molecule has 2 aliphatic heterocycles. The molecule has 9 heteroatoms. The van der Waals surface area contributed by atoms with Gasteiger partial charge in [-0.05, 0) is 20.3 Å². The Bertz CT molecular complexity index is 860. The minimum atomic E-state index is -0.120.